The minimum absolute atomic E-state index is 0.233. The third-order valence-electron chi connectivity index (χ3n) is 4.02. The van der Waals surface area contributed by atoms with Gasteiger partial charge in [-0.25, -0.2) is 9.37 Å². The van der Waals surface area contributed by atoms with Crippen molar-refractivity contribution >= 4 is 17.2 Å². The zero-order chi connectivity index (χ0) is 17.9. The molecular formula is C20H15FN4O. The van der Waals surface area contributed by atoms with E-state index in [-0.39, 0.29) is 17.4 Å². The average Bonchev–Trinajstić information content (AvgIpc) is 3.07. The molecule has 1 N–H and O–H groups in total. The van der Waals surface area contributed by atoms with Gasteiger partial charge in [-0.3, -0.25) is 9.78 Å². The Labute approximate surface area is 149 Å². The zero-order valence-electron chi connectivity index (χ0n) is 13.8. The molecule has 0 spiro atoms. The molecule has 1 amide bonds. The Morgan fingerprint density at radius 2 is 1.69 bits per heavy atom. The molecule has 0 atom stereocenters. The van der Waals surface area contributed by atoms with E-state index in [9.17, 15) is 9.18 Å². The number of benzene rings is 1. The Hall–Kier alpha value is -3.54. The molecule has 0 bridgehead atoms. The first-order chi connectivity index (χ1) is 12.7. The van der Waals surface area contributed by atoms with Crippen LogP contribution in [-0.4, -0.2) is 20.3 Å². The number of rotatable bonds is 4. The molecule has 0 aliphatic carbocycles. The molecule has 26 heavy (non-hydrogen) atoms. The van der Waals surface area contributed by atoms with Crippen LogP contribution in [0.2, 0.25) is 0 Å². The van der Waals surface area contributed by atoms with Crippen LogP contribution in [0.15, 0.2) is 73.3 Å². The predicted molar refractivity (Wildman–Crippen MR) is 96.6 cm³/mol. The molecule has 0 aliphatic rings. The summed E-state index contributed by atoms with van der Waals surface area (Å²) in [6.45, 7) is 0. The fourth-order valence-corrected chi connectivity index (χ4v) is 2.71. The number of halogens is 1. The van der Waals surface area contributed by atoms with E-state index < -0.39 is 0 Å². The number of hydrogen-bond acceptors (Lipinski definition) is 3. The number of amides is 1. The minimum Gasteiger partial charge on any atom is -0.321 e. The molecular weight excluding hydrogens is 331 g/mol. The molecule has 0 fully saturated rings. The van der Waals surface area contributed by atoms with Crippen LogP contribution >= 0.6 is 0 Å². The van der Waals surface area contributed by atoms with Gasteiger partial charge in [0.15, 0.2) is 0 Å². The van der Waals surface area contributed by atoms with E-state index in [0.29, 0.717) is 11.3 Å². The average molecular weight is 346 g/mol. The fourth-order valence-electron chi connectivity index (χ4n) is 2.71. The molecule has 6 heteroatoms. The monoisotopic (exact) mass is 346 g/mol. The molecule has 1 aromatic carbocycles. The summed E-state index contributed by atoms with van der Waals surface area (Å²) in [5.41, 5.74) is 3.74. The van der Waals surface area contributed by atoms with Gasteiger partial charge in [-0.1, -0.05) is 12.1 Å². The van der Waals surface area contributed by atoms with Crippen LogP contribution in [0.4, 0.5) is 10.1 Å². The van der Waals surface area contributed by atoms with Crippen molar-refractivity contribution in [1.82, 2.24) is 14.4 Å². The minimum atomic E-state index is -0.383. The maximum atomic E-state index is 13.2. The first-order valence-corrected chi connectivity index (χ1v) is 8.11. The van der Waals surface area contributed by atoms with E-state index in [4.69, 9.17) is 0 Å². The van der Waals surface area contributed by atoms with E-state index in [0.717, 1.165) is 12.0 Å². The Morgan fingerprint density at radius 1 is 0.962 bits per heavy atom. The number of hydrogen-bond donors (Lipinski definition) is 1. The lowest BCUT2D eigenvalue weighted by Crippen LogP contribution is -2.12. The van der Waals surface area contributed by atoms with Gasteiger partial charge in [0.2, 0.25) is 0 Å². The van der Waals surface area contributed by atoms with Crippen molar-refractivity contribution < 1.29 is 9.18 Å². The van der Waals surface area contributed by atoms with Crippen LogP contribution < -0.4 is 5.32 Å². The normalized spacial score (nSPS) is 10.8. The second kappa shape index (κ2) is 6.76. The number of fused-ring (bicyclic) bond motifs is 1. The van der Waals surface area contributed by atoms with Gasteiger partial charge >= 0.3 is 0 Å². The van der Waals surface area contributed by atoms with Crippen molar-refractivity contribution in [2.45, 2.75) is 6.42 Å². The molecule has 0 aliphatic heterocycles. The first kappa shape index (κ1) is 16.0. The number of nitrogens with zero attached hydrogens (tertiary/aromatic N) is 3. The molecule has 5 nitrogen and oxygen atoms in total. The van der Waals surface area contributed by atoms with Gasteiger partial charge < -0.3 is 9.72 Å². The summed E-state index contributed by atoms with van der Waals surface area (Å²) in [5.74, 6) is -0.720. The van der Waals surface area contributed by atoms with Crippen LogP contribution in [0, 0.1) is 5.82 Å². The molecule has 0 saturated heterocycles. The predicted octanol–water partition coefficient (Wildman–Crippen LogP) is 3.71. The SMILES string of the molecule is O=C(Nc1ccc(Cc2ccncc2)cc1)c1cn2cc(F)ccc2n1. The van der Waals surface area contributed by atoms with Crippen molar-refractivity contribution in [3.05, 3.63) is 96.0 Å². The maximum Gasteiger partial charge on any atom is 0.275 e. The summed E-state index contributed by atoms with van der Waals surface area (Å²) in [7, 11) is 0. The molecule has 0 saturated carbocycles. The van der Waals surface area contributed by atoms with Crippen LogP contribution in [0.1, 0.15) is 21.6 Å². The van der Waals surface area contributed by atoms with Gasteiger partial charge in [-0.05, 0) is 53.9 Å². The van der Waals surface area contributed by atoms with Crippen molar-refractivity contribution in [1.29, 1.82) is 0 Å². The number of pyridine rings is 2. The van der Waals surface area contributed by atoms with Gasteiger partial charge in [-0.2, -0.15) is 0 Å². The Balaban J connectivity index is 1.46. The van der Waals surface area contributed by atoms with Gasteiger partial charge in [0.05, 0.1) is 0 Å². The van der Waals surface area contributed by atoms with Gasteiger partial charge in [0, 0.05) is 30.5 Å². The van der Waals surface area contributed by atoms with Crippen LogP contribution in [0.3, 0.4) is 0 Å². The number of nitrogens with one attached hydrogen (secondary N) is 1. The van der Waals surface area contributed by atoms with Crippen LogP contribution in [0.25, 0.3) is 5.65 Å². The fraction of sp³-hybridized carbons (Fsp3) is 0.0500. The highest BCUT2D eigenvalue weighted by Gasteiger charge is 2.11. The zero-order valence-corrected chi connectivity index (χ0v) is 13.8. The van der Waals surface area contributed by atoms with Gasteiger partial charge in [-0.15, -0.1) is 0 Å². The topological polar surface area (TPSA) is 59.3 Å². The van der Waals surface area contributed by atoms with Crippen molar-refractivity contribution in [2.75, 3.05) is 5.32 Å². The highest BCUT2D eigenvalue weighted by Crippen LogP contribution is 2.15. The number of carbonyl (C=O) groups excluding carboxylic acids is 1. The highest BCUT2D eigenvalue weighted by molar-refractivity contribution is 6.03. The quantitative estimate of drug-likeness (QED) is 0.613. The summed E-state index contributed by atoms with van der Waals surface area (Å²) in [4.78, 5) is 20.6. The van der Waals surface area contributed by atoms with Crippen molar-refractivity contribution in [2.24, 2.45) is 0 Å². The molecule has 4 aromatic rings. The van der Waals surface area contributed by atoms with E-state index >= 15 is 0 Å². The van der Waals surface area contributed by atoms with Gasteiger partial charge in [0.25, 0.3) is 5.91 Å². The lowest BCUT2D eigenvalue weighted by molar-refractivity contribution is 0.102. The van der Waals surface area contributed by atoms with E-state index in [1.54, 1.807) is 12.4 Å². The lowest BCUT2D eigenvalue weighted by Gasteiger charge is -2.05. The number of imidazole rings is 1. The number of anilines is 1. The smallest absolute Gasteiger partial charge is 0.275 e. The number of aromatic nitrogens is 3. The standard InChI is InChI=1S/C20H15FN4O/c21-16-3-6-19-24-18(13-25(19)12-16)20(26)23-17-4-1-14(2-5-17)11-15-7-9-22-10-8-15/h1-10,12-13H,11H2,(H,23,26). The summed E-state index contributed by atoms with van der Waals surface area (Å²) in [5, 5.41) is 2.81. The van der Waals surface area contributed by atoms with Gasteiger partial charge in [0.1, 0.15) is 17.2 Å². The lowest BCUT2D eigenvalue weighted by atomic mass is 10.1. The maximum absolute atomic E-state index is 13.2. The summed E-state index contributed by atoms with van der Waals surface area (Å²) in [6, 6.07) is 14.4. The van der Waals surface area contributed by atoms with Crippen LogP contribution in [-0.2, 0) is 6.42 Å². The van der Waals surface area contributed by atoms with Crippen LogP contribution in [0.5, 0.6) is 0 Å². The first-order valence-electron chi connectivity index (χ1n) is 8.11. The number of carbonyl (C=O) groups is 1. The summed E-state index contributed by atoms with van der Waals surface area (Å²) in [6.07, 6.45) is 7.13. The Kier molecular flexibility index (Phi) is 4.15. The molecule has 128 valence electrons. The second-order valence-electron chi connectivity index (χ2n) is 5.92. The Bertz CT molecular complexity index is 1060. The molecule has 3 aromatic heterocycles. The van der Waals surface area contributed by atoms with Crippen molar-refractivity contribution in [3.63, 3.8) is 0 Å². The highest BCUT2D eigenvalue weighted by atomic mass is 19.1. The van der Waals surface area contributed by atoms with Crippen molar-refractivity contribution in [3.8, 4) is 0 Å². The second-order valence-corrected chi connectivity index (χ2v) is 5.92. The molecule has 3 heterocycles. The third-order valence-corrected chi connectivity index (χ3v) is 4.02. The largest absolute Gasteiger partial charge is 0.321 e. The summed E-state index contributed by atoms with van der Waals surface area (Å²) >= 11 is 0. The Morgan fingerprint density at radius 3 is 2.46 bits per heavy atom. The molecule has 0 radical (unpaired) electrons. The van der Waals surface area contributed by atoms with E-state index in [1.165, 1.54) is 34.5 Å². The molecule has 4 rings (SSSR count). The molecule has 0 unspecified atom stereocenters. The van der Waals surface area contributed by atoms with E-state index in [1.807, 2.05) is 36.4 Å². The van der Waals surface area contributed by atoms with E-state index in [2.05, 4.69) is 15.3 Å². The summed E-state index contributed by atoms with van der Waals surface area (Å²) < 4.78 is 14.7. The third kappa shape index (κ3) is 3.44.